The summed E-state index contributed by atoms with van der Waals surface area (Å²) in [5, 5.41) is 10.4. The van der Waals surface area contributed by atoms with Gasteiger partial charge in [-0.2, -0.15) is 0 Å². The summed E-state index contributed by atoms with van der Waals surface area (Å²) >= 11 is 0. The summed E-state index contributed by atoms with van der Waals surface area (Å²) in [4.78, 5) is 0. The van der Waals surface area contributed by atoms with Gasteiger partial charge < -0.3 is 8.80 Å². The maximum Gasteiger partial charge on any atom is 0.0620 e. The minimum Gasteiger partial charge on any atom is -0.308 e. The molecule has 0 unspecified atom stereocenters. The molecule has 0 atom stereocenters. The van der Waals surface area contributed by atoms with Crippen LogP contribution in [-0.2, 0) is 0 Å². The van der Waals surface area contributed by atoms with Crippen molar-refractivity contribution in [3.63, 3.8) is 0 Å². The van der Waals surface area contributed by atoms with E-state index in [0.29, 0.717) is 0 Å². The van der Waals surface area contributed by atoms with Gasteiger partial charge in [0.1, 0.15) is 0 Å². The van der Waals surface area contributed by atoms with Gasteiger partial charge in [0, 0.05) is 43.1 Å². The Balaban J connectivity index is 1.00. The van der Waals surface area contributed by atoms with E-state index < -0.39 is 0 Å². The first-order chi connectivity index (χ1) is 27.8. The van der Waals surface area contributed by atoms with E-state index in [1.165, 1.54) is 121 Å². The molecule has 0 fully saturated rings. The van der Waals surface area contributed by atoms with E-state index in [0.717, 1.165) is 0 Å². The average Bonchev–Trinajstić information content (AvgIpc) is 4.00. The van der Waals surface area contributed by atoms with E-state index in [4.69, 9.17) is 0 Å². The normalized spacial score (nSPS) is 12.3. The second-order valence-electron chi connectivity index (χ2n) is 15.3. The van der Waals surface area contributed by atoms with E-state index in [9.17, 15) is 0 Å². The molecule has 13 aromatic rings. The lowest BCUT2D eigenvalue weighted by atomic mass is 9.94. The van der Waals surface area contributed by atoms with Gasteiger partial charge in [-0.05, 0) is 105 Å². The van der Waals surface area contributed by atoms with E-state index in [-0.39, 0.29) is 0 Å². The quantitative estimate of drug-likeness (QED) is 0.172. The van der Waals surface area contributed by atoms with Crippen molar-refractivity contribution in [1.29, 1.82) is 0 Å². The lowest BCUT2D eigenvalue weighted by Gasteiger charge is -2.09. The highest BCUT2D eigenvalue weighted by molar-refractivity contribution is 6.26. The molecule has 9 aromatic carbocycles. The number of para-hydroxylation sites is 3. The smallest absolute Gasteiger partial charge is 0.0620 e. The molecule has 0 aliphatic rings. The van der Waals surface area contributed by atoms with Crippen LogP contribution in [0.25, 0.3) is 121 Å². The van der Waals surface area contributed by atoms with Crippen molar-refractivity contribution in [2.24, 2.45) is 0 Å². The zero-order chi connectivity index (χ0) is 36.5. The third-order valence-corrected chi connectivity index (χ3v) is 12.4. The van der Waals surface area contributed by atoms with Gasteiger partial charge >= 0.3 is 0 Å². The lowest BCUT2D eigenvalue weighted by molar-refractivity contribution is 1.37. The van der Waals surface area contributed by atoms with Crippen LogP contribution in [-0.4, -0.2) is 8.80 Å². The van der Waals surface area contributed by atoms with Crippen molar-refractivity contribution in [3.05, 3.63) is 194 Å². The summed E-state index contributed by atoms with van der Waals surface area (Å²) in [7, 11) is 0. The average molecular weight is 709 g/mol. The Kier molecular flexibility index (Phi) is 5.92. The number of aromatic nitrogens is 2. The van der Waals surface area contributed by atoms with Crippen LogP contribution < -0.4 is 0 Å². The largest absolute Gasteiger partial charge is 0.308 e. The number of fused-ring (bicyclic) bond motifs is 12. The van der Waals surface area contributed by atoms with Gasteiger partial charge in [0.25, 0.3) is 0 Å². The van der Waals surface area contributed by atoms with Gasteiger partial charge in [-0.25, -0.2) is 0 Å². The van der Waals surface area contributed by atoms with Crippen molar-refractivity contribution in [2.75, 3.05) is 0 Å². The SMILES string of the molecule is c1ccc(-c2cccc(-c3cccc(-c4cc5c6ccccc6n6c7ccc(-c8ccc9c(c8)c8cccc%10c%11ccccc%11n9c%108)cc7c(c4)c56)c3)c2)cc1. The highest BCUT2D eigenvalue weighted by Crippen LogP contribution is 2.44. The van der Waals surface area contributed by atoms with Crippen molar-refractivity contribution in [2.45, 2.75) is 0 Å². The zero-order valence-corrected chi connectivity index (χ0v) is 30.4. The Morgan fingerprint density at radius 2 is 0.554 bits per heavy atom. The van der Waals surface area contributed by atoms with Crippen LogP contribution in [0.4, 0.5) is 0 Å². The van der Waals surface area contributed by atoms with Crippen molar-refractivity contribution in [1.82, 2.24) is 8.80 Å². The molecule has 4 aromatic heterocycles. The first kappa shape index (κ1) is 30.0. The van der Waals surface area contributed by atoms with Gasteiger partial charge in [0.2, 0.25) is 0 Å². The molecule has 258 valence electrons. The van der Waals surface area contributed by atoms with Gasteiger partial charge in [-0.15, -0.1) is 0 Å². The summed E-state index contributed by atoms with van der Waals surface area (Å²) in [6.07, 6.45) is 0. The minimum absolute atomic E-state index is 1.22. The van der Waals surface area contributed by atoms with Crippen molar-refractivity contribution >= 4 is 76.2 Å². The molecule has 4 heterocycles. The molecular weight excluding hydrogens is 677 g/mol. The van der Waals surface area contributed by atoms with Gasteiger partial charge in [0.05, 0.1) is 33.1 Å². The monoisotopic (exact) mass is 708 g/mol. The second kappa shape index (κ2) is 11.1. The number of nitrogens with zero attached hydrogens (tertiary/aromatic N) is 2. The second-order valence-corrected chi connectivity index (χ2v) is 15.3. The van der Waals surface area contributed by atoms with Gasteiger partial charge in [0.15, 0.2) is 0 Å². The highest BCUT2D eigenvalue weighted by atomic mass is 14.9. The van der Waals surface area contributed by atoms with Crippen LogP contribution in [0, 0.1) is 0 Å². The van der Waals surface area contributed by atoms with Gasteiger partial charge in [-0.1, -0.05) is 133 Å². The molecule has 0 aliphatic carbocycles. The Morgan fingerprint density at radius 3 is 1.18 bits per heavy atom. The summed E-state index contributed by atoms with van der Waals surface area (Å²) < 4.78 is 4.94. The fraction of sp³-hybridized carbons (Fsp3) is 0. The first-order valence-corrected chi connectivity index (χ1v) is 19.4. The molecule has 2 nitrogen and oxygen atoms in total. The summed E-state index contributed by atoms with van der Waals surface area (Å²) in [6.45, 7) is 0. The molecule has 0 aliphatic heterocycles. The Bertz CT molecular complexity index is 3690. The Morgan fingerprint density at radius 1 is 0.196 bits per heavy atom. The van der Waals surface area contributed by atoms with Gasteiger partial charge in [-0.3, -0.25) is 0 Å². The van der Waals surface area contributed by atoms with Crippen molar-refractivity contribution in [3.8, 4) is 44.5 Å². The Labute approximate surface area is 322 Å². The summed E-state index contributed by atoms with van der Waals surface area (Å²) in [5.41, 5.74) is 17.4. The minimum atomic E-state index is 1.22. The molecule has 0 saturated heterocycles. The molecule has 56 heavy (non-hydrogen) atoms. The first-order valence-electron chi connectivity index (χ1n) is 19.4. The van der Waals surface area contributed by atoms with Crippen LogP contribution in [0.5, 0.6) is 0 Å². The number of benzene rings is 9. The van der Waals surface area contributed by atoms with Crippen LogP contribution in [0.15, 0.2) is 194 Å². The predicted molar refractivity (Wildman–Crippen MR) is 238 cm³/mol. The van der Waals surface area contributed by atoms with E-state index in [1.807, 2.05) is 0 Å². The molecule has 0 amide bonds. The number of hydrogen-bond acceptors (Lipinski definition) is 0. The predicted octanol–water partition coefficient (Wildman–Crippen LogP) is 14.7. The molecular formula is C54H32N2. The van der Waals surface area contributed by atoms with E-state index in [1.54, 1.807) is 0 Å². The topological polar surface area (TPSA) is 8.82 Å². The zero-order valence-electron chi connectivity index (χ0n) is 30.4. The molecule has 13 rings (SSSR count). The maximum absolute atomic E-state index is 2.48. The third-order valence-electron chi connectivity index (χ3n) is 12.4. The number of hydrogen-bond donors (Lipinski definition) is 0. The molecule has 0 saturated carbocycles. The summed E-state index contributed by atoms with van der Waals surface area (Å²) in [5.74, 6) is 0. The van der Waals surface area contributed by atoms with Crippen LogP contribution in [0.3, 0.4) is 0 Å². The lowest BCUT2D eigenvalue weighted by Crippen LogP contribution is -1.84. The molecule has 0 bridgehead atoms. The number of rotatable bonds is 4. The van der Waals surface area contributed by atoms with Crippen LogP contribution >= 0.6 is 0 Å². The van der Waals surface area contributed by atoms with E-state index in [2.05, 4.69) is 203 Å². The third kappa shape index (κ3) is 4.05. The van der Waals surface area contributed by atoms with Crippen LogP contribution in [0.2, 0.25) is 0 Å². The summed E-state index contributed by atoms with van der Waals surface area (Å²) in [6, 6.07) is 71.9. The Hall–Kier alpha value is -7.42. The molecule has 0 radical (unpaired) electrons. The fourth-order valence-electron chi connectivity index (χ4n) is 9.85. The fourth-order valence-corrected chi connectivity index (χ4v) is 9.85. The van der Waals surface area contributed by atoms with Crippen molar-refractivity contribution < 1.29 is 0 Å². The van der Waals surface area contributed by atoms with E-state index >= 15 is 0 Å². The molecule has 0 spiro atoms. The highest BCUT2D eigenvalue weighted by Gasteiger charge is 2.21. The maximum atomic E-state index is 2.48. The standard InChI is InChI=1S/C54H32N2/c1-2-11-33(12-3-1)34-13-8-14-35(27-34)36-15-9-16-37(28-36)40-31-47-42-18-5-7-22-50(42)56-52-26-24-39(30-46(52)48(32-40)54(47)56)38-23-25-51-45(29-38)44-20-10-19-43-41-17-4-6-21-49(41)55(51)53(43)44/h1-32H. The van der Waals surface area contributed by atoms with Crippen LogP contribution in [0.1, 0.15) is 0 Å². The molecule has 2 heteroatoms. The molecule has 0 N–H and O–H groups in total.